The van der Waals surface area contributed by atoms with Gasteiger partial charge in [-0.3, -0.25) is 4.90 Å². The smallest absolute Gasteiger partial charge is 0.146 e. The summed E-state index contributed by atoms with van der Waals surface area (Å²) in [7, 11) is 0. The molecule has 1 N–H and O–H groups in total. The van der Waals surface area contributed by atoms with Crippen molar-refractivity contribution in [1.82, 2.24) is 14.8 Å². The van der Waals surface area contributed by atoms with Crippen LogP contribution in [-0.2, 0) is 0 Å². The van der Waals surface area contributed by atoms with E-state index in [1.165, 1.54) is 12.8 Å². The second-order valence-corrected chi connectivity index (χ2v) is 8.15. The van der Waals surface area contributed by atoms with Crippen molar-refractivity contribution < 1.29 is 5.11 Å². The molecule has 0 spiro atoms. The first-order valence-electron chi connectivity index (χ1n) is 10.3. The van der Waals surface area contributed by atoms with E-state index in [0.29, 0.717) is 23.7 Å². The van der Waals surface area contributed by atoms with Crippen molar-refractivity contribution in [2.24, 2.45) is 0 Å². The van der Waals surface area contributed by atoms with Crippen LogP contribution in [0.15, 0.2) is 12.1 Å². The van der Waals surface area contributed by atoms with Gasteiger partial charge in [0.15, 0.2) is 0 Å². The molecule has 0 unspecified atom stereocenters. The van der Waals surface area contributed by atoms with Crippen molar-refractivity contribution in [1.29, 1.82) is 5.26 Å². The Morgan fingerprint density at radius 2 is 1.96 bits per heavy atom. The lowest BCUT2D eigenvalue weighted by Crippen LogP contribution is -2.59. The summed E-state index contributed by atoms with van der Waals surface area (Å²) >= 11 is 0. The summed E-state index contributed by atoms with van der Waals surface area (Å²) in [4.78, 5) is 12.1. The fourth-order valence-corrected chi connectivity index (χ4v) is 4.55. The molecule has 1 aromatic heterocycles. The lowest BCUT2D eigenvalue weighted by atomic mass is 9.97. The molecule has 2 aliphatic heterocycles. The van der Waals surface area contributed by atoms with E-state index in [4.69, 9.17) is 0 Å². The van der Waals surface area contributed by atoms with Gasteiger partial charge in [-0.2, -0.15) is 5.26 Å². The monoisotopic (exact) mass is 371 g/mol. The molecule has 148 valence electrons. The number of nitrogens with zero attached hydrogens (tertiary/aromatic N) is 5. The molecule has 1 atom stereocenters. The van der Waals surface area contributed by atoms with E-state index < -0.39 is 0 Å². The molecule has 0 radical (unpaired) electrons. The molecule has 0 bridgehead atoms. The van der Waals surface area contributed by atoms with E-state index in [0.717, 1.165) is 50.7 Å². The Bertz CT molecular complexity index is 663. The molecule has 0 aromatic carbocycles. The quantitative estimate of drug-likeness (QED) is 0.854. The number of piperazine rings is 1. The Labute approximate surface area is 163 Å². The van der Waals surface area contributed by atoms with Crippen LogP contribution in [0.2, 0.25) is 0 Å². The first-order valence-corrected chi connectivity index (χ1v) is 10.3. The number of aliphatic hydroxyl groups is 1. The predicted octanol–water partition coefficient (Wildman–Crippen LogP) is 2.01. The van der Waals surface area contributed by atoms with E-state index in [9.17, 15) is 10.4 Å². The normalized spacial score (nSPS) is 23.0. The molecule has 1 aromatic rings. The first-order chi connectivity index (χ1) is 13.0. The van der Waals surface area contributed by atoms with Gasteiger partial charge in [0.2, 0.25) is 0 Å². The van der Waals surface area contributed by atoms with E-state index in [2.05, 4.69) is 39.6 Å². The summed E-state index contributed by atoms with van der Waals surface area (Å²) in [6, 6.07) is 7.58. The van der Waals surface area contributed by atoms with Crippen LogP contribution in [0.5, 0.6) is 0 Å². The van der Waals surface area contributed by atoms with Gasteiger partial charge in [-0.1, -0.05) is 0 Å². The van der Waals surface area contributed by atoms with Gasteiger partial charge in [0.05, 0.1) is 5.56 Å². The number of nitriles is 1. The maximum absolute atomic E-state index is 9.63. The van der Waals surface area contributed by atoms with Gasteiger partial charge in [-0.05, 0) is 65.3 Å². The molecule has 2 saturated heterocycles. The third kappa shape index (κ3) is 4.60. The summed E-state index contributed by atoms with van der Waals surface area (Å²) in [6.45, 7) is 11.7. The van der Waals surface area contributed by atoms with Crippen molar-refractivity contribution in [2.45, 2.75) is 58.2 Å². The number of aryl methyl sites for hydroxylation is 1. The number of aromatic nitrogens is 1. The van der Waals surface area contributed by atoms with Crippen LogP contribution in [0.4, 0.5) is 5.82 Å². The highest BCUT2D eigenvalue weighted by atomic mass is 16.3. The molecule has 0 amide bonds. The van der Waals surface area contributed by atoms with Gasteiger partial charge in [0.1, 0.15) is 11.9 Å². The summed E-state index contributed by atoms with van der Waals surface area (Å²) in [5.74, 6) is 0.801. The Balaban J connectivity index is 1.71. The standard InChI is InChI=1S/C21H33N5O/c1-16(2)24-9-6-19(7-10-24)26-12-11-25(15-20(26)8-13-27)21-18(14-22)5-4-17(3)23-21/h4-5,16,19-20,27H,6-13,15H2,1-3H3/t20-/m1/s1. The summed E-state index contributed by atoms with van der Waals surface area (Å²) < 4.78 is 0. The van der Waals surface area contributed by atoms with Crippen LogP contribution in [-0.4, -0.2) is 77.3 Å². The number of pyridine rings is 1. The van der Waals surface area contributed by atoms with Gasteiger partial charge in [0, 0.05) is 50.1 Å². The van der Waals surface area contributed by atoms with Crippen LogP contribution < -0.4 is 4.90 Å². The van der Waals surface area contributed by atoms with Gasteiger partial charge in [-0.15, -0.1) is 0 Å². The average Bonchev–Trinajstić information content (AvgIpc) is 2.68. The highest BCUT2D eigenvalue weighted by Crippen LogP contribution is 2.27. The maximum Gasteiger partial charge on any atom is 0.146 e. The zero-order valence-electron chi connectivity index (χ0n) is 16.9. The Kier molecular flexibility index (Phi) is 6.69. The van der Waals surface area contributed by atoms with Gasteiger partial charge in [0.25, 0.3) is 0 Å². The molecule has 6 nitrogen and oxygen atoms in total. The summed E-state index contributed by atoms with van der Waals surface area (Å²) in [5, 5.41) is 19.1. The Hall–Kier alpha value is -1.68. The molecule has 6 heteroatoms. The van der Waals surface area contributed by atoms with Gasteiger partial charge >= 0.3 is 0 Å². The Morgan fingerprint density at radius 3 is 2.59 bits per heavy atom. The van der Waals surface area contributed by atoms with Gasteiger partial charge < -0.3 is 14.9 Å². The summed E-state index contributed by atoms with van der Waals surface area (Å²) in [5.41, 5.74) is 1.58. The van der Waals surface area contributed by atoms with Crippen molar-refractivity contribution in [3.63, 3.8) is 0 Å². The van der Waals surface area contributed by atoms with Crippen molar-refractivity contribution in [3.05, 3.63) is 23.4 Å². The largest absolute Gasteiger partial charge is 0.396 e. The molecule has 0 aliphatic carbocycles. The SMILES string of the molecule is Cc1ccc(C#N)c(N2CCN(C3CCN(C(C)C)CC3)[C@H](CCO)C2)n1. The number of aliphatic hydroxyl groups excluding tert-OH is 1. The van der Waals surface area contributed by atoms with Crippen molar-refractivity contribution >= 4 is 5.82 Å². The lowest BCUT2D eigenvalue weighted by molar-refractivity contribution is 0.0462. The molecule has 3 heterocycles. The predicted molar refractivity (Wildman–Crippen MR) is 108 cm³/mol. The van der Waals surface area contributed by atoms with Crippen LogP contribution >= 0.6 is 0 Å². The minimum absolute atomic E-state index is 0.201. The Morgan fingerprint density at radius 1 is 1.22 bits per heavy atom. The first kappa shape index (κ1) is 20.1. The van der Waals surface area contributed by atoms with E-state index in [1.54, 1.807) is 0 Å². The minimum Gasteiger partial charge on any atom is -0.396 e. The summed E-state index contributed by atoms with van der Waals surface area (Å²) in [6.07, 6.45) is 3.17. The molecule has 3 rings (SSSR count). The number of hydrogen-bond donors (Lipinski definition) is 1. The van der Waals surface area contributed by atoms with Gasteiger partial charge in [-0.25, -0.2) is 4.98 Å². The molecular formula is C21H33N5O. The minimum atomic E-state index is 0.201. The number of hydrogen-bond acceptors (Lipinski definition) is 6. The van der Waals surface area contributed by atoms with Crippen LogP contribution in [0.25, 0.3) is 0 Å². The third-order valence-electron chi connectivity index (χ3n) is 6.12. The van der Waals surface area contributed by atoms with E-state index >= 15 is 0 Å². The lowest BCUT2D eigenvalue weighted by Gasteiger charge is -2.48. The zero-order chi connectivity index (χ0) is 19.4. The second-order valence-electron chi connectivity index (χ2n) is 8.15. The highest BCUT2D eigenvalue weighted by molar-refractivity contribution is 5.54. The highest BCUT2D eigenvalue weighted by Gasteiger charge is 2.34. The average molecular weight is 372 g/mol. The molecule has 2 fully saturated rings. The van der Waals surface area contributed by atoms with Crippen molar-refractivity contribution in [3.8, 4) is 6.07 Å². The van der Waals surface area contributed by atoms with Crippen LogP contribution in [0.3, 0.4) is 0 Å². The van der Waals surface area contributed by atoms with Crippen LogP contribution in [0.1, 0.15) is 44.4 Å². The molecule has 2 aliphatic rings. The fraction of sp³-hybridized carbons (Fsp3) is 0.714. The number of piperidine rings is 1. The number of anilines is 1. The van der Waals surface area contributed by atoms with Crippen LogP contribution in [0, 0.1) is 18.3 Å². The molecule has 0 saturated carbocycles. The fourth-order valence-electron chi connectivity index (χ4n) is 4.55. The van der Waals surface area contributed by atoms with E-state index in [1.807, 2.05) is 19.1 Å². The number of likely N-dealkylation sites (tertiary alicyclic amines) is 1. The molecule has 27 heavy (non-hydrogen) atoms. The topological polar surface area (TPSA) is 66.6 Å². The molecular weight excluding hydrogens is 338 g/mol. The third-order valence-corrected chi connectivity index (χ3v) is 6.12. The maximum atomic E-state index is 9.63. The second kappa shape index (κ2) is 9.01. The van der Waals surface area contributed by atoms with Crippen molar-refractivity contribution in [2.75, 3.05) is 44.2 Å². The zero-order valence-corrected chi connectivity index (χ0v) is 16.9. The van der Waals surface area contributed by atoms with E-state index in [-0.39, 0.29) is 6.61 Å². The number of rotatable bonds is 5.